The summed E-state index contributed by atoms with van der Waals surface area (Å²) in [5.74, 6) is 0.749. The van der Waals surface area contributed by atoms with Crippen LogP contribution in [0.25, 0.3) is 0 Å². The van der Waals surface area contributed by atoms with Crippen LogP contribution in [0.4, 0.5) is 0 Å². The third-order valence-corrected chi connectivity index (χ3v) is 5.23. The molecule has 0 aromatic heterocycles. The van der Waals surface area contributed by atoms with Gasteiger partial charge in [-0.15, -0.1) is 0 Å². The van der Waals surface area contributed by atoms with E-state index in [9.17, 15) is 0 Å². The van der Waals surface area contributed by atoms with E-state index < -0.39 is 0 Å². The van der Waals surface area contributed by atoms with E-state index in [-0.39, 0.29) is 0 Å². The van der Waals surface area contributed by atoms with Crippen LogP contribution < -0.4 is 5.73 Å². The summed E-state index contributed by atoms with van der Waals surface area (Å²) in [6, 6.07) is 7.14. The van der Waals surface area contributed by atoms with Gasteiger partial charge >= 0.3 is 0 Å². The average Bonchev–Trinajstić information content (AvgIpc) is 2.83. The van der Waals surface area contributed by atoms with E-state index in [1.807, 2.05) is 0 Å². The normalized spacial score (nSPS) is 19.5. The highest BCUT2D eigenvalue weighted by atomic mass is 14.7. The molecule has 1 aliphatic rings. The molecule has 1 nitrogen and oxygen atoms in total. The van der Waals surface area contributed by atoms with Crippen molar-refractivity contribution in [3.05, 3.63) is 34.9 Å². The molecule has 0 aliphatic heterocycles. The molecule has 2 rings (SSSR count). The van der Waals surface area contributed by atoms with Gasteiger partial charge in [-0.3, -0.25) is 0 Å². The Kier molecular flexibility index (Phi) is 4.90. The topological polar surface area (TPSA) is 26.0 Å². The second-order valence-electron chi connectivity index (χ2n) is 7.40. The Hall–Kier alpha value is -0.820. The maximum Gasteiger partial charge on any atom is 0.0136 e. The molecule has 0 spiro atoms. The predicted molar refractivity (Wildman–Crippen MR) is 88.0 cm³/mol. The van der Waals surface area contributed by atoms with E-state index in [1.54, 1.807) is 0 Å². The first-order valence-electron chi connectivity index (χ1n) is 8.25. The molecular formula is C19H31N. The van der Waals surface area contributed by atoms with Crippen LogP contribution in [0.3, 0.4) is 0 Å². The molecular weight excluding hydrogens is 242 g/mol. The van der Waals surface area contributed by atoms with Gasteiger partial charge in [-0.25, -0.2) is 0 Å². The van der Waals surface area contributed by atoms with Gasteiger partial charge in [0.1, 0.15) is 0 Å². The lowest BCUT2D eigenvalue weighted by atomic mass is 9.71. The Morgan fingerprint density at radius 2 is 1.75 bits per heavy atom. The van der Waals surface area contributed by atoms with Gasteiger partial charge in [0, 0.05) is 6.04 Å². The molecule has 1 fully saturated rings. The third-order valence-electron chi connectivity index (χ3n) is 5.23. The van der Waals surface area contributed by atoms with E-state index in [2.05, 4.69) is 45.9 Å². The molecule has 1 unspecified atom stereocenters. The van der Waals surface area contributed by atoms with Crippen molar-refractivity contribution >= 4 is 0 Å². The number of nitrogens with two attached hydrogens (primary N) is 1. The molecule has 20 heavy (non-hydrogen) atoms. The van der Waals surface area contributed by atoms with E-state index in [1.165, 1.54) is 48.8 Å². The van der Waals surface area contributed by atoms with E-state index in [0.717, 1.165) is 12.3 Å². The molecule has 1 aliphatic carbocycles. The Bertz CT molecular complexity index is 441. The summed E-state index contributed by atoms with van der Waals surface area (Å²) >= 11 is 0. The standard InChI is InChI=1S/C19H31N/c1-14(2)13-19(9-5-6-10-19)18(20)12-17-8-7-15(3)16(4)11-17/h7-8,11,14,18H,5-6,9-10,12-13,20H2,1-4H3. The molecule has 1 aromatic rings. The summed E-state index contributed by atoms with van der Waals surface area (Å²) in [6.07, 6.45) is 7.72. The van der Waals surface area contributed by atoms with Crippen LogP contribution in [0.2, 0.25) is 0 Å². The average molecular weight is 273 g/mol. The number of aryl methyl sites for hydroxylation is 2. The third kappa shape index (κ3) is 3.44. The zero-order chi connectivity index (χ0) is 14.8. The maximum atomic E-state index is 6.68. The van der Waals surface area contributed by atoms with Crippen LogP contribution in [0.15, 0.2) is 18.2 Å². The number of rotatable bonds is 5. The smallest absolute Gasteiger partial charge is 0.0136 e. The Morgan fingerprint density at radius 3 is 2.30 bits per heavy atom. The molecule has 0 amide bonds. The molecule has 1 aromatic carbocycles. The van der Waals surface area contributed by atoms with Crippen molar-refractivity contribution in [1.82, 2.24) is 0 Å². The second-order valence-corrected chi connectivity index (χ2v) is 7.40. The van der Waals surface area contributed by atoms with Crippen molar-refractivity contribution in [3.63, 3.8) is 0 Å². The van der Waals surface area contributed by atoms with Crippen LogP contribution in [0.5, 0.6) is 0 Å². The van der Waals surface area contributed by atoms with Crippen molar-refractivity contribution in [2.45, 2.75) is 72.3 Å². The summed E-state index contributed by atoms with van der Waals surface area (Å²) in [7, 11) is 0. The van der Waals surface area contributed by atoms with Crippen molar-refractivity contribution in [2.24, 2.45) is 17.1 Å². The number of hydrogen-bond acceptors (Lipinski definition) is 1. The first-order valence-corrected chi connectivity index (χ1v) is 8.25. The fourth-order valence-corrected chi connectivity index (χ4v) is 4.02. The molecule has 0 bridgehead atoms. The molecule has 0 heterocycles. The quantitative estimate of drug-likeness (QED) is 0.821. The highest BCUT2D eigenvalue weighted by Gasteiger charge is 2.39. The minimum absolute atomic E-state index is 0.314. The van der Waals surface area contributed by atoms with Crippen LogP contribution in [0.1, 0.15) is 62.6 Å². The lowest BCUT2D eigenvalue weighted by Gasteiger charge is -2.37. The molecule has 0 radical (unpaired) electrons. The molecule has 1 atom stereocenters. The lowest BCUT2D eigenvalue weighted by Crippen LogP contribution is -2.42. The minimum atomic E-state index is 0.314. The summed E-state index contributed by atoms with van der Waals surface area (Å²) in [4.78, 5) is 0. The van der Waals surface area contributed by atoms with Crippen molar-refractivity contribution < 1.29 is 0 Å². The van der Waals surface area contributed by atoms with Crippen molar-refractivity contribution in [1.29, 1.82) is 0 Å². The van der Waals surface area contributed by atoms with E-state index in [4.69, 9.17) is 5.73 Å². The molecule has 1 heteroatoms. The first-order chi connectivity index (χ1) is 9.43. The Balaban J connectivity index is 2.12. The Labute approximate surface area is 125 Å². The van der Waals surface area contributed by atoms with Crippen LogP contribution >= 0.6 is 0 Å². The molecule has 112 valence electrons. The zero-order valence-electron chi connectivity index (χ0n) is 13.7. The fourth-order valence-electron chi connectivity index (χ4n) is 4.02. The van der Waals surface area contributed by atoms with Crippen molar-refractivity contribution in [2.75, 3.05) is 0 Å². The van der Waals surface area contributed by atoms with Crippen LogP contribution in [0, 0.1) is 25.2 Å². The molecule has 1 saturated carbocycles. The molecule has 0 saturated heterocycles. The number of hydrogen-bond donors (Lipinski definition) is 1. The van der Waals surface area contributed by atoms with Crippen LogP contribution in [-0.4, -0.2) is 6.04 Å². The second kappa shape index (κ2) is 6.30. The van der Waals surface area contributed by atoms with Gasteiger partial charge in [0.05, 0.1) is 0 Å². The highest BCUT2D eigenvalue weighted by molar-refractivity contribution is 5.30. The van der Waals surface area contributed by atoms with Gasteiger partial charge in [0.25, 0.3) is 0 Å². The summed E-state index contributed by atoms with van der Waals surface area (Å²) < 4.78 is 0. The van der Waals surface area contributed by atoms with Crippen LogP contribution in [-0.2, 0) is 6.42 Å². The van der Waals surface area contributed by atoms with E-state index >= 15 is 0 Å². The SMILES string of the molecule is Cc1ccc(CC(N)C2(CC(C)C)CCCC2)cc1C. The monoisotopic (exact) mass is 273 g/mol. The van der Waals surface area contributed by atoms with Gasteiger partial charge in [-0.1, -0.05) is 44.9 Å². The summed E-state index contributed by atoms with van der Waals surface area (Å²) in [5, 5.41) is 0. The summed E-state index contributed by atoms with van der Waals surface area (Å²) in [5.41, 5.74) is 11.3. The summed E-state index contributed by atoms with van der Waals surface area (Å²) in [6.45, 7) is 9.05. The highest BCUT2D eigenvalue weighted by Crippen LogP contribution is 2.46. The Morgan fingerprint density at radius 1 is 1.10 bits per heavy atom. The van der Waals surface area contributed by atoms with Gasteiger partial charge in [-0.05, 0) is 67.6 Å². The van der Waals surface area contributed by atoms with E-state index in [0.29, 0.717) is 11.5 Å². The maximum absolute atomic E-state index is 6.68. The van der Waals surface area contributed by atoms with Gasteiger partial charge < -0.3 is 5.73 Å². The predicted octanol–water partition coefficient (Wildman–Crippen LogP) is 4.78. The first kappa shape index (κ1) is 15.6. The fraction of sp³-hybridized carbons (Fsp3) is 0.684. The van der Waals surface area contributed by atoms with Gasteiger partial charge in [0.2, 0.25) is 0 Å². The zero-order valence-corrected chi connectivity index (χ0v) is 13.7. The van der Waals surface area contributed by atoms with Gasteiger partial charge in [0.15, 0.2) is 0 Å². The molecule has 2 N–H and O–H groups in total. The minimum Gasteiger partial charge on any atom is -0.327 e. The van der Waals surface area contributed by atoms with Crippen molar-refractivity contribution in [3.8, 4) is 0 Å². The largest absolute Gasteiger partial charge is 0.327 e. The number of benzene rings is 1. The lowest BCUT2D eigenvalue weighted by molar-refractivity contribution is 0.181. The van der Waals surface area contributed by atoms with Gasteiger partial charge in [-0.2, -0.15) is 0 Å².